The summed E-state index contributed by atoms with van der Waals surface area (Å²) in [5.74, 6) is 2.31. The first-order valence-corrected chi connectivity index (χ1v) is 6.94. The van der Waals surface area contributed by atoms with Gasteiger partial charge < -0.3 is 9.52 Å². The van der Waals surface area contributed by atoms with Crippen LogP contribution in [0.15, 0.2) is 21.2 Å². The van der Waals surface area contributed by atoms with Crippen LogP contribution in [0.2, 0.25) is 0 Å². The number of rotatable bonds is 2. The summed E-state index contributed by atoms with van der Waals surface area (Å²) in [7, 11) is 0. The summed E-state index contributed by atoms with van der Waals surface area (Å²) >= 11 is 3.46. The molecule has 1 aromatic rings. The van der Waals surface area contributed by atoms with Gasteiger partial charge in [-0.25, -0.2) is 0 Å². The van der Waals surface area contributed by atoms with Crippen molar-refractivity contribution < 1.29 is 9.52 Å². The molecule has 2 atom stereocenters. The second kappa shape index (κ2) is 3.88. The minimum atomic E-state index is -0.728. The van der Waals surface area contributed by atoms with Gasteiger partial charge in [-0.2, -0.15) is 0 Å². The zero-order valence-electron chi connectivity index (χ0n) is 9.29. The summed E-state index contributed by atoms with van der Waals surface area (Å²) in [5, 5.41) is 10.7. The Morgan fingerprint density at radius 1 is 1.31 bits per heavy atom. The predicted octanol–water partition coefficient (Wildman–Crippen LogP) is 3.83. The Balaban J connectivity index is 1.83. The fourth-order valence-corrected chi connectivity index (χ4v) is 3.67. The molecule has 1 N–H and O–H groups in total. The van der Waals surface area contributed by atoms with Gasteiger partial charge in [-0.1, -0.05) is 0 Å². The molecule has 0 spiro atoms. The van der Waals surface area contributed by atoms with E-state index < -0.39 is 5.60 Å². The molecular weight excluding hydrogens is 268 g/mol. The van der Waals surface area contributed by atoms with E-state index in [0.717, 1.165) is 35.4 Å². The van der Waals surface area contributed by atoms with Crippen molar-refractivity contribution in [3.05, 3.63) is 22.6 Å². The molecule has 88 valence electrons. The topological polar surface area (TPSA) is 33.4 Å². The van der Waals surface area contributed by atoms with E-state index in [2.05, 4.69) is 15.9 Å². The highest BCUT2D eigenvalue weighted by Gasteiger charge is 2.44. The largest absolute Gasteiger partial charge is 0.465 e. The summed E-state index contributed by atoms with van der Waals surface area (Å²) in [6, 6.07) is 1.87. The first-order chi connectivity index (χ1) is 7.69. The Bertz CT molecular complexity index is 383. The zero-order chi connectivity index (χ0) is 11.2. The second-order valence-electron chi connectivity index (χ2n) is 5.32. The number of hydrogen-bond donors (Lipinski definition) is 1. The van der Waals surface area contributed by atoms with Crippen molar-refractivity contribution in [3.63, 3.8) is 0 Å². The molecule has 0 bridgehead atoms. The minimum absolute atomic E-state index is 0.704. The first-order valence-electron chi connectivity index (χ1n) is 6.15. The first kappa shape index (κ1) is 10.8. The van der Waals surface area contributed by atoms with Gasteiger partial charge >= 0.3 is 0 Å². The lowest BCUT2D eigenvalue weighted by Crippen LogP contribution is -2.33. The van der Waals surface area contributed by atoms with Gasteiger partial charge in [-0.05, 0) is 72.4 Å². The van der Waals surface area contributed by atoms with Gasteiger partial charge in [-0.15, -0.1) is 0 Å². The molecule has 2 aliphatic carbocycles. The summed E-state index contributed by atoms with van der Waals surface area (Å²) in [6.45, 7) is 0. The Morgan fingerprint density at radius 3 is 2.75 bits per heavy atom. The smallest absolute Gasteiger partial charge is 0.149 e. The molecule has 2 aliphatic rings. The quantitative estimate of drug-likeness (QED) is 0.895. The average Bonchev–Trinajstić information content (AvgIpc) is 3.01. The van der Waals surface area contributed by atoms with Crippen molar-refractivity contribution in [2.45, 2.75) is 44.1 Å². The van der Waals surface area contributed by atoms with Crippen LogP contribution in [0.25, 0.3) is 0 Å². The second-order valence-corrected chi connectivity index (χ2v) is 6.18. The molecular formula is C13H17BrO2. The summed E-state index contributed by atoms with van der Waals surface area (Å²) in [4.78, 5) is 0. The molecule has 2 unspecified atom stereocenters. The average molecular weight is 285 g/mol. The van der Waals surface area contributed by atoms with Gasteiger partial charge in [0, 0.05) is 0 Å². The monoisotopic (exact) mass is 284 g/mol. The summed E-state index contributed by atoms with van der Waals surface area (Å²) < 4.78 is 6.37. The highest BCUT2D eigenvalue weighted by atomic mass is 79.9. The number of furan rings is 1. The maximum absolute atomic E-state index is 10.7. The SMILES string of the molecule is OC1(c2occc2Br)CCCC(C2CC2)C1. The summed E-state index contributed by atoms with van der Waals surface area (Å²) in [6.07, 6.45) is 8.49. The van der Waals surface area contributed by atoms with E-state index in [1.54, 1.807) is 6.26 Å². The fraction of sp³-hybridized carbons (Fsp3) is 0.692. The van der Waals surface area contributed by atoms with Gasteiger partial charge in [0.1, 0.15) is 11.4 Å². The molecule has 3 heteroatoms. The van der Waals surface area contributed by atoms with E-state index >= 15 is 0 Å². The van der Waals surface area contributed by atoms with Crippen molar-refractivity contribution in [3.8, 4) is 0 Å². The molecule has 1 aromatic heterocycles. The molecule has 0 aromatic carbocycles. The van der Waals surface area contributed by atoms with Crippen molar-refractivity contribution in [2.24, 2.45) is 11.8 Å². The molecule has 2 fully saturated rings. The maximum atomic E-state index is 10.7. The van der Waals surface area contributed by atoms with Crippen molar-refractivity contribution >= 4 is 15.9 Å². The zero-order valence-corrected chi connectivity index (χ0v) is 10.9. The van der Waals surface area contributed by atoms with Crippen LogP contribution in [0.4, 0.5) is 0 Å². The number of aliphatic hydroxyl groups is 1. The molecule has 2 nitrogen and oxygen atoms in total. The lowest BCUT2D eigenvalue weighted by Gasteiger charge is -2.35. The number of halogens is 1. The molecule has 0 aliphatic heterocycles. The summed E-state index contributed by atoms with van der Waals surface area (Å²) in [5.41, 5.74) is -0.728. The molecule has 16 heavy (non-hydrogen) atoms. The maximum Gasteiger partial charge on any atom is 0.149 e. The van der Waals surface area contributed by atoms with E-state index in [1.807, 2.05) is 6.07 Å². The molecule has 0 amide bonds. The third kappa shape index (κ3) is 1.84. The lowest BCUT2D eigenvalue weighted by molar-refractivity contribution is -0.0428. The van der Waals surface area contributed by atoms with Crippen LogP contribution < -0.4 is 0 Å². The lowest BCUT2D eigenvalue weighted by atomic mass is 9.75. The Kier molecular flexibility index (Phi) is 2.63. The van der Waals surface area contributed by atoms with Crippen LogP contribution in [0.1, 0.15) is 44.3 Å². The predicted molar refractivity (Wildman–Crippen MR) is 65.0 cm³/mol. The highest BCUT2D eigenvalue weighted by Crippen LogP contribution is 2.50. The van der Waals surface area contributed by atoms with E-state index in [4.69, 9.17) is 4.42 Å². The van der Waals surface area contributed by atoms with Crippen molar-refractivity contribution in [1.29, 1.82) is 0 Å². The normalized spacial score (nSPS) is 35.2. The van der Waals surface area contributed by atoms with Gasteiger partial charge in [-0.3, -0.25) is 0 Å². The van der Waals surface area contributed by atoms with E-state index in [9.17, 15) is 5.11 Å². The molecule has 2 saturated carbocycles. The van der Waals surface area contributed by atoms with E-state index in [-0.39, 0.29) is 0 Å². The van der Waals surface area contributed by atoms with Gasteiger partial charge in [0.15, 0.2) is 0 Å². The van der Waals surface area contributed by atoms with E-state index in [0.29, 0.717) is 5.92 Å². The Labute approximate surface area is 104 Å². The standard InChI is InChI=1S/C13H17BrO2/c14-11-5-7-16-12(11)13(15)6-1-2-10(8-13)9-3-4-9/h5,7,9-10,15H,1-4,6,8H2. The van der Waals surface area contributed by atoms with Crippen LogP contribution in [0.3, 0.4) is 0 Å². The van der Waals surface area contributed by atoms with Crippen LogP contribution in [0.5, 0.6) is 0 Å². The molecule has 1 heterocycles. The van der Waals surface area contributed by atoms with Crippen LogP contribution in [0, 0.1) is 11.8 Å². The van der Waals surface area contributed by atoms with Crippen molar-refractivity contribution in [1.82, 2.24) is 0 Å². The van der Waals surface area contributed by atoms with Crippen molar-refractivity contribution in [2.75, 3.05) is 0 Å². The van der Waals surface area contributed by atoms with E-state index in [1.165, 1.54) is 19.3 Å². The van der Waals surface area contributed by atoms with Gasteiger partial charge in [0.05, 0.1) is 10.7 Å². The molecule has 3 rings (SSSR count). The Morgan fingerprint density at radius 2 is 2.12 bits per heavy atom. The van der Waals surface area contributed by atoms with Crippen LogP contribution in [-0.4, -0.2) is 5.11 Å². The van der Waals surface area contributed by atoms with Gasteiger partial charge in [0.25, 0.3) is 0 Å². The molecule has 0 saturated heterocycles. The molecule has 0 radical (unpaired) electrons. The number of hydrogen-bond acceptors (Lipinski definition) is 2. The van der Waals surface area contributed by atoms with Crippen LogP contribution in [-0.2, 0) is 5.60 Å². The minimum Gasteiger partial charge on any atom is -0.465 e. The highest BCUT2D eigenvalue weighted by molar-refractivity contribution is 9.10. The third-order valence-electron chi connectivity index (χ3n) is 4.09. The Hall–Kier alpha value is -0.280. The van der Waals surface area contributed by atoms with Gasteiger partial charge in [0.2, 0.25) is 0 Å². The van der Waals surface area contributed by atoms with Crippen LogP contribution >= 0.6 is 15.9 Å². The third-order valence-corrected chi connectivity index (χ3v) is 4.72. The fourth-order valence-electron chi connectivity index (χ4n) is 3.10.